The van der Waals surface area contributed by atoms with Crippen LogP contribution in [0, 0.1) is 0 Å². The van der Waals surface area contributed by atoms with Gasteiger partial charge in [0.15, 0.2) is 21.0 Å². The van der Waals surface area contributed by atoms with Gasteiger partial charge in [-0.15, -0.1) is 21.5 Å². The predicted octanol–water partition coefficient (Wildman–Crippen LogP) is 3.95. The molecule has 0 aromatic carbocycles. The summed E-state index contributed by atoms with van der Waals surface area (Å²) in [5.74, 6) is 0.863. The number of hydrogen-bond donors (Lipinski definition) is 0. The highest BCUT2D eigenvalue weighted by molar-refractivity contribution is 8.00. The van der Waals surface area contributed by atoms with Gasteiger partial charge in [0, 0.05) is 24.0 Å². The number of thiazole rings is 1. The highest BCUT2D eigenvalue weighted by atomic mass is 32.2. The first kappa shape index (κ1) is 16.2. The second-order valence-corrected chi connectivity index (χ2v) is 8.77. The molecule has 0 amide bonds. The zero-order valence-corrected chi connectivity index (χ0v) is 16.2. The molecule has 0 atom stereocenters. The smallest absolute Gasteiger partial charge is 0.198 e. The quantitative estimate of drug-likeness (QED) is 0.368. The summed E-state index contributed by atoms with van der Waals surface area (Å²) in [5, 5.41) is 10.6. The largest absolute Gasteiger partial charge is 0.299 e. The average molecular weight is 400 g/mol. The maximum absolute atomic E-state index is 4.52. The predicted molar refractivity (Wildman–Crippen MR) is 103 cm³/mol. The third-order valence-electron chi connectivity index (χ3n) is 4.00. The van der Waals surface area contributed by atoms with Crippen LogP contribution in [0.3, 0.4) is 0 Å². The lowest BCUT2D eigenvalue weighted by atomic mass is 10.3. The van der Waals surface area contributed by atoms with Gasteiger partial charge in [0.05, 0.1) is 0 Å². The van der Waals surface area contributed by atoms with E-state index in [4.69, 9.17) is 0 Å². The fraction of sp³-hybridized carbons (Fsp3) is 0.250. The van der Waals surface area contributed by atoms with E-state index in [1.165, 1.54) is 11.8 Å². The van der Waals surface area contributed by atoms with Gasteiger partial charge >= 0.3 is 0 Å². The van der Waals surface area contributed by atoms with Crippen LogP contribution >= 0.6 is 34.9 Å². The van der Waals surface area contributed by atoms with Gasteiger partial charge in [-0.05, 0) is 43.0 Å². The van der Waals surface area contributed by atoms with Crippen LogP contribution in [0.4, 0.5) is 0 Å². The van der Waals surface area contributed by atoms with Gasteiger partial charge in [-0.25, -0.2) is 15.0 Å². The van der Waals surface area contributed by atoms with E-state index in [0.29, 0.717) is 6.04 Å². The zero-order chi connectivity index (χ0) is 17.5. The molecule has 0 N–H and O–H groups in total. The topological polar surface area (TPSA) is 82.3 Å². The lowest BCUT2D eigenvalue weighted by Gasteiger charge is -2.08. The number of thioether (sulfide) groups is 1. The Morgan fingerprint density at radius 1 is 1.23 bits per heavy atom. The van der Waals surface area contributed by atoms with E-state index in [9.17, 15) is 0 Å². The summed E-state index contributed by atoms with van der Waals surface area (Å²) in [6.45, 7) is 0. The summed E-state index contributed by atoms with van der Waals surface area (Å²) in [5.41, 5.74) is 1.72. The van der Waals surface area contributed by atoms with Gasteiger partial charge < -0.3 is 0 Å². The summed E-state index contributed by atoms with van der Waals surface area (Å²) < 4.78 is 4.20. The third-order valence-corrected chi connectivity index (χ3v) is 7.13. The van der Waals surface area contributed by atoms with Gasteiger partial charge in [0.25, 0.3) is 0 Å². The Bertz CT molecular complexity index is 1070. The van der Waals surface area contributed by atoms with Gasteiger partial charge in [-0.3, -0.25) is 9.55 Å². The van der Waals surface area contributed by atoms with E-state index in [1.54, 1.807) is 35.6 Å². The van der Waals surface area contributed by atoms with Crippen LogP contribution in [0.5, 0.6) is 0 Å². The fourth-order valence-corrected chi connectivity index (χ4v) is 5.18. The Morgan fingerprint density at radius 2 is 2.15 bits per heavy atom. The van der Waals surface area contributed by atoms with Crippen molar-refractivity contribution in [1.82, 2.24) is 34.7 Å². The van der Waals surface area contributed by atoms with Gasteiger partial charge in [0.2, 0.25) is 0 Å². The second kappa shape index (κ2) is 6.60. The van der Waals surface area contributed by atoms with Crippen LogP contribution in [0.2, 0.25) is 0 Å². The molecule has 0 aliphatic heterocycles. The van der Waals surface area contributed by atoms with Crippen LogP contribution in [0.1, 0.15) is 18.9 Å². The Labute approximate surface area is 161 Å². The molecule has 7 nitrogen and oxygen atoms in total. The molecule has 0 saturated heterocycles. The summed E-state index contributed by atoms with van der Waals surface area (Å²) in [6.07, 6.45) is 9.47. The van der Waals surface area contributed by atoms with Crippen molar-refractivity contribution >= 4 is 45.2 Å². The van der Waals surface area contributed by atoms with Crippen molar-refractivity contribution in [2.24, 2.45) is 0 Å². The fourth-order valence-electron chi connectivity index (χ4n) is 2.66. The van der Waals surface area contributed by atoms with E-state index in [2.05, 4.69) is 34.7 Å². The third kappa shape index (κ3) is 2.87. The molecule has 26 heavy (non-hydrogen) atoms. The standard InChI is InChI=1S/C16H13N7S3/c1-24-16-20-12-11(25-16)14(19-8-18-12)26-15-22-21-13(23(15)10-4-5-10)9-3-2-6-17-7-9/h2-3,6-8,10H,4-5H2,1H3. The summed E-state index contributed by atoms with van der Waals surface area (Å²) in [6, 6.07) is 4.38. The monoisotopic (exact) mass is 399 g/mol. The first-order chi connectivity index (χ1) is 12.8. The number of aromatic nitrogens is 7. The summed E-state index contributed by atoms with van der Waals surface area (Å²) in [7, 11) is 0. The molecule has 4 aromatic heterocycles. The minimum Gasteiger partial charge on any atom is -0.299 e. The van der Waals surface area contributed by atoms with E-state index in [-0.39, 0.29) is 0 Å². The highest BCUT2D eigenvalue weighted by Crippen LogP contribution is 2.43. The molecular formula is C16H13N7S3. The highest BCUT2D eigenvalue weighted by Gasteiger charge is 2.31. The maximum Gasteiger partial charge on any atom is 0.198 e. The van der Waals surface area contributed by atoms with E-state index in [0.717, 1.165) is 49.1 Å². The molecule has 130 valence electrons. The average Bonchev–Trinajstić information content (AvgIpc) is 3.28. The summed E-state index contributed by atoms with van der Waals surface area (Å²) >= 11 is 4.76. The summed E-state index contributed by atoms with van der Waals surface area (Å²) in [4.78, 5) is 17.5. The van der Waals surface area contributed by atoms with E-state index >= 15 is 0 Å². The number of pyridine rings is 1. The van der Waals surface area contributed by atoms with Gasteiger partial charge in [-0.2, -0.15) is 0 Å². The Morgan fingerprint density at radius 3 is 2.92 bits per heavy atom. The van der Waals surface area contributed by atoms with Crippen LogP contribution in [-0.4, -0.2) is 41.0 Å². The van der Waals surface area contributed by atoms with Crippen molar-refractivity contribution in [2.45, 2.75) is 33.4 Å². The Balaban J connectivity index is 1.58. The number of fused-ring (bicyclic) bond motifs is 1. The van der Waals surface area contributed by atoms with Crippen LogP contribution < -0.4 is 0 Å². The molecule has 0 bridgehead atoms. The molecule has 1 saturated carbocycles. The SMILES string of the molecule is CSc1nc2ncnc(Sc3nnc(-c4cccnc4)n3C3CC3)c2s1. The number of rotatable bonds is 5. The van der Waals surface area contributed by atoms with Crippen molar-refractivity contribution in [3.05, 3.63) is 30.9 Å². The lowest BCUT2D eigenvalue weighted by Crippen LogP contribution is -2.00. The first-order valence-corrected chi connectivity index (χ1v) is 10.9. The zero-order valence-electron chi connectivity index (χ0n) is 13.7. The number of hydrogen-bond acceptors (Lipinski definition) is 9. The molecule has 1 aliphatic carbocycles. The van der Waals surface area contributed by atoms with Crippen molar-refractivity contribution in [1.29, 1.82) is 0 Å². The minimum absolute atomic E-state index is 0.447. The van der Waals surface area contributed by atoms with Crippen molar-refractivity contribution in [2.75, 3.05) is 6.26 Å². The second-order valence-electron chi connectivity index (χ2n) is 5.77. The molecule has 5 rings (SSSR count). The van der Waals surface area contributed by atoms with Crippen LogP contribution in [0.15, 0.2) is 45.4 Å². The van der Waals surface area contributed by atoms with Crippen LogP contribution in [-0.2, 0) is 0 Å². The molecular weight excluding hydrogens is 386 g/mol. The normalized spacial score (nSPS) is 14.2. The molecule has 0 unspecified atom stereocenters. The van der Waals surface area contributed by atoms with E-state index < -0.39 is 0 Å². The van der Waals surface area contributed by atoms with Gasteiger partial charge in [0.1, 0.15) is 16.1 Å². The molecule has 1 aliphatic rings. The molecule has 1 fully saturated rings. The number of nitrogens with zero attached hydrogens (tertiary/aromatic N) is 7. The van der Waals surface area contributed by atoms with Crippen molar-refractivity contribution in [3.8, 4) is 11.4 Å². The molecule has 0 radical (unpaired) electrons. The van der Waals surface area contributed by atoms with Crippen molar-refractivity contribution in [3.63, 3.8) is 0 Å². The van der Waals surface area contributed by atoms with Crippen LogP contribution in [0.25, 0.3) is 21.7 Å². The first-order valence-electron chi connectivity index (χ1n) is 8.02. The van der Waals surface area contributed by atoms with E-state index in [1.807, 2.05) is 24.6 Å². The van der Waals surface area contributed by atoms with Crippen molar-refractivity contribution < 1.29 is 0 Å². The minimum atomic E-state index is 0.447. The maximum atomic E-state index is 4.52. The lowest BCUT2D eigenvalue weighted by molar-refractivity contribution is 0.669. The Kier molecular flexibility index (Phi) is 4.10. The van der Waals surface area contributed by atoms with Gasteiger partial charge in [-0.1, -0.05) is 11.8 Å². The molecule has 4 aromatic rings. The molecule has 4 heterocycles. The Hall–Kier alpha value is -2.04. The molecule has 10 heteroatoms. The molecule has 0 spiro atoms.